The summed E-state index contributed by atoms with van der Waals surface area (Å²) in [5.41, 5.74) is 5.19. The van der Waals surface area contributed by atoms with Crippen LogP contribution in [-0.4, -0.2) is 16.7 Å². The number of hydrogen-bond donors (Lipinski definition) is 2. The third kappa shape index (κ3) is 1.71. The van der Waals surface area contributed by atoms with Crippen LogP contribution < -0.4 is 5.32 Å². The van der Waals surface area contributed by atoms with Crippen LogP contribution in [0.15, 0.2) is 24.3 Å². The summed E-state index contributed by atoms with van der Waals surface area (Å²) < 4.78 is 0. The Kier molecular flexibility index (Phi) is 2.39. The molecule has 0 saturated heterocycles. The van der Waals surface area contributed by atoms with Crippen LogP contribution in [0.25, 0.3) is 11.3 Å². The molecule has 88 valence electrons. The van der Waals surface area contributed by atoms with Crippen molar-refractivity contribution in [3.05, 3.63) is 35.4 Å². The quantitative estimate of drug-likeness (QED) is 0.722. The Morgan fingerprint density at radius 1 is 1.35 bits per heavy atom. The Labute approximate surface area is 101 Å². The van der Waals surface area contributed by atoms with E-state index in [4.69, 9.17) is 0 Å². The van der Waals surface area contributed by atoms with Crippen molar-refractivity contribution in [1.29, 1.82) is 0 Å². The molecule has 1 aliphatic carbocycles. The first-order chi connectivity index (χ1) is 8.25. The van der Waals surface area contributed by atoms with E-state index in [1.165, 1.54) is 22.4 Å². The molecule has 1 aliphatic rings. The first-order valence-corrected chi connectivity index (χ1v) is 6.15. The molecule has 1 aromatic carbocycles. The predicted molar refractivity (Wildman–Crippen MR) is 70.2 cm³/mol. The van der Waals surface area contributed by atoms with Crippen molar-refractivity contribution in [2.24, 2.45) is 5.92 Å². The van der Waals surface area contributed by atoms with Gasteiger partial charge in [0.15, 0.2) is 5.82 Å². The van der Waals surface area contributed by atoms with Crippen LogP contribution in [0.2, 0.25) is 0 Å². The molecule has 1 aromatic heterocycles. The molecule has 1 heterocycles. The lowest BCUT2D eigenvalue weighted by molar-refractivity contribution is 0.686. The number of fused-ring (bicyclic) bond motifs is 3. The number of hydrogen-bond acceptors (Lipinski definition) is 2. The van der Waals surface area contributed by atoms with Gasteiger partial charge in [-0.05, 0) is 11.5 Å². The van der Waals surface area contributed by atoms with Crippen LogP contribution in [0, 0.1) is 5.92 Å². The minimum Gasteiger partial charge on any atom is -0.368 e. The van der Waals surface area contributed by atoms with Gasteiger partial charge in [0.25, 0.3) is 0 Å². The molecule has 3 nitrogen and oxygen atoms in total. The summed E-state index contributed by atoms with van der Waals surface area (Å²) in [6, 6.07) is 8.52. The highest BCUT2D eigenvalue weighted by molar-refractivity contribution is 5.77. The molecular weight excluding hydrogens is 210 g/mol. The van der Waals surface area contributed by atoms with Gasteiger partial charge < -0.3 is 5.32 Å². The predicted octanol–water partition coefficient (Wildman–Crippen LogP) is 3.05. The van der Waals surface area contributed by atoms with Crippen LogP contribution in [-0.2, 0) is 6.42 Å². The van der Waals surface area contributed by atoms with Crippen LogP contribution in [0.5, 0.6) is 0 Å². The molecule has 2 aromatic rings. The van der Waals surface area contributed by atoms with Gasteiger partial charge in [-0.3, -0.25) is 5.10 Å². The van der Waals surface area contributed by atoms with Gasteiger partial charge in [0.1, 0.15) is 0 Å². The Morgan fingerprint density at radius 3 is 3.00 bits per heavy atom. The Bertz CT molecular complexity index is 540. The second-order valence-electron chi connectivity index (χ2n) is 5.03. The van der Waals surface area contributed by atoms with E-state index >= 15 is 0 Å². The van der Waals surface area contributed by atoms with Crippen molar-refractivity contribution < 1.29 is 0 Å². The molecule has 3 heteroatoms. The molecular formula is C14H17N3. The van der Waals surface area contributed by atoms with E-state index in [0.717, 1.165) is 18.8 Å². The molecule has 0 amide bonds. The SMILES string of the molecule is CC(C)CNc1n[nH]c2c1Cc1ccccc1-2. The normalized spacial score (nSPS) is 12.6. The average molecular weight is 227 g/mol. The van der Waals surface area contributed by atoms with Gasteiger partial charge in [0, 0.05) is 24.1 Å². The number of aromatic nitrogens is 2. The lowest BCUT2D eigenvalue weighted by atomic mass is 10.1. The first-order valence-electron chi connectivity index (χ1n) is 6.15. The molecule has 0 aliphatic heterocycles. The van der Waals surface area contributed by atoms with Gasteiger partial charge in [-0.15, -0.1) is 0 Å². The number of benzene rings is 1. The zero-order chi connectivity index (χ0) is 11.8. The standard InChI is InChI=1S/C14H17N3/c1-9(2)8-15-14-12-7-10-5-3-4-6-11(10)13(12)16-17-14/h3-6,9H,7-8H2,1-2H3,(H2,15,16,17). The molecule has 17 heavy (non-hydrogen) atoms. The van der Waals surface area contributed by atoms with Gasteiger partial charge in [-0.1, -0.05) is 38.1 Å². The second kappa shape index (κ2) is 3.91. The number of anilines is 1. The highest BCUT2D eigenvalue weighted by Gasteiger charge is 2.23. The molecule has 0 spiro atoms. The van der Waals surface area contributed by atoms with E-state index in [9.17, 15) is 0 Å². The Morgan fingerprint density at radius 2 is 2.18 bits per heavy atom. The minimum absolute atomic E-state index is 0.631. The molecule has 3 rings (SSSR count). The van der Waals surface area contributed by atoms with Crippen molar-refractivity contribution in [1.82, 2.24) is 10.2 Å². The van der Waals surface area contributed by atoms with E-state index in [1.54, 1.807) is 0 Å². The van der Waals surface area contributed by atoms with Crippen LogP contribution in [0.4, 0.5) is 5.82 Å². The summed E-state index contributed by atoms with van der Waals surface area (Å²) >= 11 is 0. The summed E-state index contributed by atoms with van der Waals surface area (Å²) in [4.78, 5) is 0. The number of aromatic amines is 1. The molecule has 0 radical (unpaired) electrons. The highest BCUT2D eigenvalue weighted by Crippen LogP contribution is 2.38. The van der Waals surface area contributed by atoms with Crippen LogP contribution in [0.3, 0.4) is 0 Å². The van der Waals surface area contributed by atoms with Crippen molar-refractivity contribution in [2.75, 3.05) is 11.9 Å². The lowest BCUT2D eigenvalue weighted by Crippen LogP contribution is -2.09. The molecule has 0 bridgehead atoms. The molecule has 0 atom stereocenters. The Balaban J connectivity index is 1.91. The van der Waals surface area contributed by atoms with Gasteiger partial charge in [0.05, 0.1) is 5.69 Å². The summed E-state index contributed by atoms with van der Waals surface area (Å²) in [6.45, 7) is 5.37. The van der Waals surface area contributed by atoms with E-state index < -0.39 is 0 Å². The lowest BCUT2D eigenvalue weighted by Gasteiger charge is -2.06. The summed E-state index contributed by atoms with van der Waals surface area (Å²) in [5.74, 6) is 1.65. The van der Waals surface area contributed by atoms with Gasteiger partial charge in [-0.2, -0.15) is 5.10 Å². The molecule has 0 fully saturated rings. The summed E-state index contributed by atoms with van der Waals surface area (Å²) in [7, 11) is 0. The van der Waals surface area contributed by atoms with Crippen LogP contribution >= 0.6 is 0 Å². The first kappa shape index (κ1) is 10.4. The van der Waals surface area contributed by atoms with E-state index in [-0.39, 0.29) is 0 Å². The zero-order valence-corrected chi connectivity index (χ0v) is 10.2. The summed E-state index contributed by atoms with van der Waals surface area (Å²) in [6.07, 6.45) is 0.989. The van der Waals surface area contributed by atoms with Gasteiger partial charge >= 0.3 is 0 Å². The monoisotopic (exact) mass is 227 g/mol. The van der Waals surface area contributed by atoms with E-state index in [2.05, 4.69) is 53.6 Å². The largest absolute Gasteiger partial charge is 0.368 e. The highest BCUT2D eigenvalue weighted by atomic mass is 15.2. The fraction of sp³-hybridized carbons (Fsp3) is 0.357. The Hall–Kier alpha value is -1.77. The van der Waals surface area contributed by atoms with Crippen molar-refractivity contribution in [3.8, 4) is 11.3 Å². The van der Waals surface area contributed by atoms with Crippen molar-refractivity contribution in [3.63, 3.8) is 0 Å². The zero-order valence-electron chi connectivity index (χ0n) is 10.2. The van der Waals surface area contributed by atoms with E-state index in [1.807, 2.05) is 0 Å². The van der Waals surface area contributed by atoms with Crippen molar-refractivity contribution >= 4 is 5.82 Å². The fourth-order valence-electron chi connectivity index (χ4n) is 2.32. The molecule has 0 unspecified atom stereocenters. The topological polar surface area (TPSA) is 40.7 Å². The molecule has 2 N–H and O–H groups in total. The third-order valence-electron chi connectivity index (χ3n) is 3.20. The molecule has 0 saturated carbocycles. The maximum Gasteiger partial charge on any atom is 0.151 e. The maximum absolute atomic E-state index is 4.37. The number of nitrogens with zero attached hydrogens (tertiary/aromatic N) is 1. The third-order valence-corrected chi connectivity index (χ3v) is 3.20. The van der Waals surface area contributed by atoms with E-state index in [0.29, 0.717) is 5.92 Å². The van der Waals surface area contributed by atoms with Crippen molar-refractivity contribution in [2.45, 2.75) is 20.3 Å². The average Bonchev–Trinajstić information content (AvgIpc) is 2.85. The number of rotatable bonds is 3. The summed E-state index contributed by atoms with van der Waals surface area (Å²) in [5, 5.41) is 10.9. The second-order valence-corrected chi connectivity index (χ2v) is 5.03. The van der Waals surface area contributed by atoms with Gasteiger partial charge in [0.2, 0.25) is 0 Å². The number of nitrogens with one attached hydrogen (secondary N) is 2. The fourth-order valence-corrected chi connectivity index (χ4v) is 2.32. The maximum atomic E-state index is 4.37. The minimum atomic E-state index is 0.631. The van der Waals surface area contributed by atoms with Gasteiger partial charge in [-0.25, -0.2) is 0 Å². The van der Waals surface area contributed by atoms with Crippen LogP contribution in [0.1, 0.15) is 25.0 Å². The number of H-pyrrole nitrogens is 1. The smallest absolute Gasteiger partial charge is 0.151 e.